The van der Waals surface area contributed by atoms with Crippen LogP contribution in [-0.2, 0) is 19.4 Å². The zero-order chi connectivity index (χ0) is 23.5. The maximum Gasteiger partial charge on any atom is 0.338 e. The Morgan fingerprint density at radius 3 is 2.50 bits per heavy atom. The van der Waals surface area contributed by atoms with Gasteiger partial charge in [-0.15, -0.1) is 11.8 Å². The quantitative estimate of drug-likeness (QED) is 0.341. The van der Waals surface area contributed by atoms with Crippen molar-refractivity contribution < 1.29 is 27.1 Å². The van der Waals surface area contributed by atoms with E-state index in [-0.39, 0.29) is 27.8 Å². The number of rotatable bonds is 7. The van der Waals surface area contributed by atoms with E-state index in [1.807, 2.05) is 18.4 Å². The van der Waals surface area contributed by atoms with Gasteiger partial charge in [0.1, 0.15) is 5.82 Å². The van der Waals surface area contributed by atoms with Gasteiger partial charge >= 0.3 is 12.0 Å². The van der Waals surface area contributed by atoms with Crippen LogP contribution < -0.4 is 10.6 Å². The number of hydrogen-bond donors (Lipinski definition) is 2. The topological polar surface area (TPSA) is 102 Å². The summed E-state index contributed by atoms with van der Waals surface area (Å²) in [6.45, 7) is 1.68. The van der Waals surface area contributed by atoms with Crippen LogP contribution in [-0.4, -0.2) is 39.0 Å². The molecule has 0 radical (unpaired) electrons. The Morgan fingerprint density at radius 1 is 1.22 bits per heavy atom. The summed E-state index contributed by atoms with van der Waals surface area (Å²) >= 11 is 7.26. The number of esters is 1. The van der Waals surface area contributed by atoms with Crippen LogP contribution in [0.2, 0.25) is 5.02 Å². The van der Waals surface area contributed by atoms with Crippen molar-refractivity contribution in [2.45, 2.75) is 22.8 Å². The first-order chi connectivity index (χ1) is 15.2. The van der Waals surface area contributed by atoms with Crippen molar-refractivity contribution in [3.8, 4) is 0 Å². The first-order valence-corrected chi connectivity index (χ1v) is 12.7. The van der Waals surface area contributed by atoms with Crippen LogP contribution in [0.1, 0.15) is 18.5 Å². The first kappa shape index (κ1) is 24.1. The van der Waals surface area contributed by atoms with Crippen molar-refractivity contribution in [2.24, 2.45) is 0 Å². The number of amides is 2. The molecule has 2 aromatic carbocycles. The third-order valence-electron chi connectivity index (χ3n) is 4.68. The van der Waals surface area contributed by atoms with Gasteiger partial charge in [0.25, 0.3) is 0 Å². The molecule has 0 unspecified atom stereocenters. The number of nitrogens with one attached hydrogen (secondary N) is 2. The lowest BCUT2D eigenvalue weighted by Gasteiger charge is -2.29. The minimum absolute atomic E-state index is 0.0277. The molecule has 0 bridgehead atoms. The number of sulfone groups is 1. The standard InChI is InChI=1S/C21H20ClFN2O5S2/c1-3-30-20(26)18-17(11-32(28,29)14-8-9-16(23)15(22)10-14)24-21(27)25-19(18)12-4-6-13(31-2)7-5-12/h4-10,19H,3,11H2,1-2H3,(H2,24,25,27)/t19-/m0/s1. The average Bonchev–Trinajstić information content (AvgIpc) is 2.75. The summed E-state index contributed by atoms with van der Waals surface area (Å²) in [7, 11) is -4.08. The maximum atomic E-state index is 13.5. The molecule has 0 fully saturated rings. The minimum Gasteiger partial charge on any atom is -0.463 e. The van der Waals surface area contributed by atoms with E-state index in [0.29, 0.717) is 5.56 Å². The van der Waals surface area contributed by atoms with E-state index in [0.717, 1.165) is 23.1 Å². The zero-order valence-electron chi connectivity index (χ0n) is 17.1. The van der Waals surface area contributed by atoms with E-state index in [4.69, 9.17) is 16.3 Å². The fourth-order valence-corrected chi connectivity index (χ4v) is 5.17. The summed E-state index contributed by atoms with van der Waals surface area (Å²) in [5.41, 5.74) is 0.437. The Labute approximate surface area is 194 Å². The normalized spacial score (nSPS) is 16.4. The number of halogens is 2. The van der Waals surface area contributed by atoms with Gasteiger partial charge in [0.2, 0.25) is 0 Å². The minimum atomic E-state index is -4.08. The van der Waals surface area contributed by atoms with Crippen LogP contribution in [0.3, 0.4) is 0 Å². The molecule has 2 aromatic rings. The van der Waals surface area contributed by atoms with Crippen LogP contribution in [0.15, 0.2) is 63.5 Å². The molecule has 2 amide bonds. The van der Waals surface area contributed by atoms with Crippen molar-refractivity contribution in [1.29, 1.82) is 0 Å². The fraction of sp³-hybridized carbons (Fsp3) is 0.238. The monoisotopic (exact) mass is 498 g/mol. The zero-order valence-corrected chi connectivity index (χ0v) is 19.5. The third-order valence-corrected chi connectivity index (χ3v) is 7.36. The largest absolute Gasteiger partial charge is 0.463 e. The number of carbonyl (C=O) groups excluding carboxylic acids is 2. The summed E-state index contributed by atoms with van der Waals surface area (Å²) in [5, 5.41) is 4.71. The van der Waals surface area contributed by atoms with Crippen LogP contribution in [0, 0.1) is 5.82 Å². The summed E-state index contributed by atoms with van der Waals surface area (Å²) in [4.78, 5) is 25.9. The molecule has 1 heterocycles. The Bertz CT molecular complexity index is 1180. The second-order valence-electron chi connectivity index (χ2n) is 6.75. The molecule has 2 N–H and O–H groups in total. The molecule has 1 atom stereocenters. The third kappa shape index (κ3) is 5.25. The predicted molar refractivity (Wildman–Crippen MR) is 120 cm³/mol. The van der Waals surface area contributed by atoms with Crippen molar-refractivity contribution in [1.82, 2.24) is 10.6 Å². The SMILES string of the molecule is CCOC(=O)C1=C(CS(=O)(=O)c2ccc(F)c(Cl)c2)NC(=O)N[C@H]1c1ccc(SC)cc1. The summed E-state index contributed by atoms with van der Waals surface area (Å²) in [6.07, 6.45) is 1.91. The molecule has 170 valence electrons. The second-order valence-corrected chi connectivity index (χ2v) is 10.0. The molecule has 1 aliphatic heterocycles. The van der Waals surface area contributed by atoms with Gasteiger partial charge in [-0.05, 0) is 49.1 Å². The highest BCUT2D eigenvalue weighted by Gasteiger charge is 2.35. The van der Waals surface area contributed by atoms with E-state index in [9.17, 15) is 22.4 Å². The highest BCUT2D eigenvalue weighted by molar-refractivity contribution is 7.98. The number of benzene rings is 2. The van der Waals surface area contributed by atoms with Gasteiger partial charge in [-0.2, -0.15) is 0 Å². The van der Waals surface area contributed by atoms with Crippen molar-refractivity contribution >= 4 is 45.2 Å². The van der Waals surface area contributed by atoms with Crippen molar-refractivity contribution in [3.63, 3.8) is 0 Å². The molecule has 32 heavy (non-hydrogen) atoms. The molecule has 0 aromatic heterocycles. The lowest BCUT2D eigenvalue weighted by molar-refractivity contribution is -0.139. The van der Waals surface area contributed by atoms with Crippen molar-refractivity contribution in [3.05, 3.63) is 70.1 Å². The highest BCUT2D eigenvalue weighted by atomic mass is 35.5. The van der Waals surface area contributed by atoms with E-state index in [1.165, 1.54) is 11.8 Å². The highest BCUT2D eigenvalue weighted by Crippen LogP contribution is 2.31. The Hall–Kier alpha value is -2.56. The number of carbonyl (C=O) groups is 2. The van der Waals surface area contributed by atoms with Gasteiger partial charge in [-0.3, -0.25) is 0 Å². The van der Waals surface area contributed by atoms with Gasteiger partial charge < -0.3 is 15.4 Å². The fourth-order valence-electron chi connectivity index (χ4n) is 3.17. The lowest BCUT2D eigenvalue weighted by atomic mass is 9.95. The van der Waals surface area contributed by atoms with Crippen molar-refractivity contribution in [2.75, 3.05) is 18.6 Å². The predicted octanol–water partition coefficient (Wildman–Crippen LogP) is 3.85. The van der Waals surface area contributed by atoms with Gasteiger partial charge in [-0.25, -0.2) is 22.4 Å². The number of hydrogen-bond acceptors (Lipinski definition) is 6. The molecule has 0 saturated carbocycles. The van der Waals surface area contributed by atoms with Crippen LogP contribution in [0.5, 0.6) is 0 Å². The number of urea groups is 1. The van der Waals surface area contributed by atoms with Gasteiger partial charge in [0, 0.05) is 10.6 Å². The average molecular weight is 499 g/mol. The maximum absolute atomic E-state index is 13.5. The van der Waals surface area contributed by atoms with E-state index >= 15 is 0 Å². The lowest BCUT2D eigenvalue weighted by Crippen LogP contribution is -2.47. The van der Waals surface area contributed by atoms with E-state index in [1.54, 1.807) is 19.1 Å². The van der Waals surface area contributed by atoms with Crippen LogP contribution in [0.4, 0.5) is 9.18 Å². The molecular weight excluding hydrogens is 479 g/mol. The molecule has 0 aliphatic carbocycles. The van der Waals surface area contributed by atoms with Gasteiger partial charge in [0.05, 0.1) is 33.9 Å². The Balaban J connectivity index is 2.09. The second kappa shape index (κ2) is 9.93. The molecule has 3 rings (SSSR count). The molecule has 1 aliphatic rings. The molecule has 0 spiro atoms. The molecule has 0 saturated heterocycles. The van der Waals surface area contributed by atoms with Crippen LogP contribution in [0.25, 0.3) is 0 Å². The number of ether oxygens (including phenoxy) is 1. The summed E-state index contributed by atoms with van der Waals surface area (Å²) in [5.74, 6) is -2.24. The van der Waals surface area contributed by atoms with E-state index < -0.39 is 39.4 Å². The number of thioether (sulfide) groups is 1. The van der Waals surface area contributed by atoms with Crippen LogP contribution >= 0.6 is 23.4 Å². The Kier molecular flexibility index (Phi) is 7.47. The molecular formula is C21H20ClFN2O5S2. The molecule has 11 heteroatoms. The molecule has 7 nitrogen and oxygen atoms in total. The van der Waals surface area contributed by atoms with Gasteiger partial charge in [-0.1, -0.05) is 23.7 Å². The summed E-state index contributed by atoms with van der Waals surface area (Å²) < 4.78 is 44.6. The first-order valence-electron chi connectivity index (χ1n) is 9.45. The summed E-state index contributed by atoms with van der Waals surface area (Å²) in [6, 6.07) is 8.55. The van der Waals surface area contributed by atoms with Gasteiger partial charge in [0.15, 0.2) is 9.84 Å². The smallest absolute Gasteiger partial charge is 0.338 e. The van der Waals surface area contributed by atoms with E-state index in [2.05, 4.69) is 10.6 Å². The Morgan fingerprint density at radius 2 is 1.91 bits per heavy atom.